The molecular weight excluding hydrogens is 943 g/mol. The third-order valence-corrected chi connectivity index (χ3v) is 25.5. The number of carbonyl (C=O) groups is 2. The molecule has 0 radical (unpaired) electrons. The third-order valence-electron chi connectivity index (χ3n) is 25.5. The van der Waals surface area contributed by atoms with E-state index in [1.165, 1.54) is 89.4 Å². The average molecular weight is 1040 g/mol. The van der Waals surface area contributed by atoms with Crippen LogP contribution in [-0.2, 0) is 38.4 Å². The summed E-state index contributed by atoms with van der Waals surface area (Å²) < 4.78 is 14.6. The van der Waals surface area contributed by atoms with Gasteiger partial charge in [0.05, 0.1) is 28.8 Å². The van der Waals surface area contributed by atoms with E-state index >= 15 is 9.59 Å². The number of carbonyl (C=O) groups excluding carboxylic acids is 2. The zero-order chi connectivity index (χ0) is 53.0. The molecule has 9 heteroatoms. The van der Waals surface area contributed by atoms with Gasteiger partial charge >= 0.3 is 0 Å². The van der Waals surface area contributed by atoms with Crippen molar-refractivity contribution in [2.75, 3.05) is 26.8 Å². The summed E-state index contributed by atoms with van der Waals surface area (Å²) in [7, 11) is 2.08. The van der Waals surface area contributed by atoms with Crippen molar-refractivity contribution in [1.29, 1.82) is 0 Å². The maximum Gasteiger partial charge on any atom is 0.160 e. The number of aliphatic hydroxyl groups excluding tert-OH is 2. The Morgan fingerprint density at radius 3 is 2.24 bits per heavy atom. The van der Waals surface area contributed by atoms with Crippen LogP contribution in [0.5, 0.6) is 0 Å². The number of epoxide rings is 1. The minimum Gasteiger partial charge on any atom is -0.392 e. The summed E-state index contributed by atoms with van der Waals surface area (Å²) in [6.07, 6.45) is 25.1. The van der Waals surface area contributed by atoms with E-state index in [4.69, 9.17) is 9.47 Å². The highest BCUT2D eigenvalue weighted by Gasteiger charge is 2.78. The topological polar surface area (TPSA) is 129 Å². The van der Waals surface area contributed by atoms with Crippen molar-refractivity contribution in [3.63, 3.8) is 0 Å². The first-order chi connectivity index (χ1) is 36.3. The van der Waals surface area contributed by atoms with Crippen LogP contribution in [0.25, 0.3) is 11.0 Å². The van der Waals surface area contributed by atoms with Crippen molar-refractivity contribution in [2.24, 2.45) is 62.1 Å². The highest BCUT2D eigenvalue weighted by atomic mass is 16.6. The quantitative estimate of drug-likeness (QED) is 0.149. The molecule has 414 valence electrons. The van der Waals surface area contributed by atoms with E-state index < -0.39 is 39.5 Å². The predicted molar refractivity (Wildman–Crippen MR) is 300 cm³/mol. The van der Waals surface area contributed by atoms with Crippen LogP contribution in [0.1, 0.15) is 217 Å². The lowest BCUT2D eigenvalue weighted by molar-refractivity contribution is -0.266. The number of nitrogens with zero attached hydrogens (tertiary/aromatic N) is 1. The number of hydrogen-bond acceptors (Lipinski definition) is 7. The summed E-state index contributed by atoms with van der Waals surface area (Å²) in [5.74, 6) is 2.45. The number of hydrogen-bond donors (Lipinski definition) is 4. The molecule has 3 aromatic rings. The van der Waals surface area contributed by atoms with Crippen LogP contribution in [0, 0.1) is 62.1 Å². The molecule has 1 spiro atoms. The average Bonchev–Trinajstić information content (AvgIpc) is 3.77. The predicted octanol–water partition coefficient (Wildman–Crippen LogP) is 12.9. The molecule has 9 nitrogen and oxygen atoms in total. The van der Waals surface area contributed by atoms with Crippen molar-refractivity contribution in [2.45, 2.75) is 232 Å². The Balaban J connectivity index is 0.976. The van der Waals surface area contributed by atoms with Crippen LogP contribution >= 0.6 is 0 Å². The number of H-pyrrole nitrogens is 1. The largest absolute Gasteiger partial charge is 0.392 e. The lowest BCUT2D eigenvalue weighted by atomic mass is 9.29. The molecule has 7 aliphatic carbocycles. The molecule has 6 saturated carbocycles. The van der Waals surface area contributed by atoms with Crippen LogP contribution in [0.3, 0.4) is 0 Å². The number of benzene rings is 1. The van der Waals surface area contributed by atoms with Gasteiger partial charge in [0.25, 0.3) is 0 Å². The summed E-state index contributed by atoms with van der Waals surface area (Å²) in [4.78, 5) is 35.2. The molecule has 2 aromatic heterocycles. The van der Waals surface area contributed by atoms with Gasteiger partial charge in [-0.15, -0.1) is 0 Å². The first-order valence-electron chi connectivity index (χ1n) is 31.2. The van der Waals surface area contributed by atoms with E-state index in [2.05, 4.69) is 101 Å². The lowest BCUT2D eigenvalue weighted by Crippen LogP contribution is -2.73. The van der Waals surface area contributed by atoms with E-state index in [1.54, 1.807) is 0 Å². The maximum atomic E-state index is 15.9. The number of ketones is 2. The number of nitrogens with one attached hydrogen (secondary N) is 2. The van der Waals surface area contributed by atoms with Gasteiger partial charge in [-0.05, 0) is 208 Å². The van der Waals surface area contributed by atoms with Gasteiger partial charge in [0.1, 0.15) is 11.9 Å². The fraction of sp³-hybridized carbons (Fsp3) is 0.761. The molecule has 1 aromatic carbocycles. The normalized spacial score (nSPS) is 41.2. The van der Waals surface area contributed by atoms with Crippen molar-refractivity contribution in [1.82, 2.24) is 14.9 Å². The molecule has 13 atom stereocenters. The Bertz CT molecular complexity index is 2770. The zero-order valence-corrected chi connectivity index (χ0v) is 48.0. The van der Waals surface area contributed by atoms with E-state index in [0.717, 1.165) is 96.0 Å². The van der Waals surface area contributed by atoms with E-state index in [9.17, 15) is 10.2 Å². The molecule has 0 bridgehead atoms. The number of aromatic nitrogens is 2. The SMILES string of the molecule is CNC[C@H]1CC[C@]2(CC(=O)[C@@](C)(C3CCCC3)[C@@H]3CC[C@@]4(C)[C@H]([C@H](O)[C@@H]5Cn6cc(Cc7cc(C8CCCCC8)cc(C8CCOCC8)c7)c7[nH]cc(c76)CC[C@@](C)(C[C@@H](O)[C@H]6OC6(C)C)C6=C5[C@]4(C)CC6=O)[C@@]32C)C1. The molecule has 0 amide bonds. The molecule has 3 aliphatic heterocycles. The highest BCUT2D eigenvalue weighted by Crippen LogP contribution is 2.81. The van der Waals surface area contributed by atoms with Gasteiger partial charge in [-0.1, -0.05) is 84.9 Å². The molecule has 13 rings (SSSR count). The smallest absolute Gasteiger partial charge is 0.160 e. The first-order valence-corrected chi connectivity index (χ1v) is 31.2. The van der Waals surface area contributed by atoms with Crippen LogP contribution in [-0.4, -0.2) is 82.0 Å². The second kappa shape index (κ2) is 18.5. The van der Waals surface area contributed by atoms with Crippen molar-refractivity contribution in [3.8, 4) is 0 Å². The number of aliphatic hydroxyl groups is 2. The number of allylic oxidation sites excluding steroid dienone is 1. The Morgan fingerprint density at radius 2 is 1.54 bits per heavy atom. The second-order valence-electron chi connectivity index (χ2n) is 29.6. The zero-order valence-electron chi connectivity index (χ0n) is 48.0. The molecule has 0 unspecified atom stereocenters. The van der Waals surface area contributed by atoms with Crippen LogP contribution < -0.4 is 5.32 Å². The fourth-order valence-electron chi connectivity index (χ4n) is 21.5. The summed E-state index contributed by atoms with van der Waals surface area (Å²) >= 11 is 0. The molecule has 8 fully saturated rings. The molecule has 4 N–H and O–H groups in total. The minimum atomic E-state index is -0.736. The van der Waals surface area contributed by atoms with E-state index in [0.29, 0.717) is 61.7 Å². The molecule has 2 saturated heterocycles. The van der Waals surface area contributed by atoms with Gasteiger partial charge < -0.3 is 34.6 Å². The number of rotatable bonds is 10. The third kappa shape index (κ3) is 7.65. The molecule has 5 heterocycles. The Labute approximate surface area is 455 Å². The molecule has 10 aliphatic rings. The van der Waals surface area contributed by atoms with Crippen LogP contribution in [0.15, 0.2) is 41.7 Å². The van der Waals surface area contributed by atoms with Gasteiger partial charge in [-0.2, -0.15) is 0 Å². The number of fused-ring (bicyclic) bond motifs is 5. The molecule has 76 heavy (non-hydrogen) atoms. The standard InChI is InChI=1S/C67H95N3O6/c1-61(2)60(76-61)51(72)33-62(3)23-19-44-37-69-56-47(30-41-28-45(42-14-10-9-11-15-42)31-46(29-41)43-21-26-75-27-22-43)38-70(57(44)56)39-49-54-55(62)50(71)34-64(54,5)63(4)24-20-52-65(6,48-16-12-13-17-48)53(73)35-67(25-18-40(32-67)36-68-8)66(52,7)59(63)58(49)74/h28-29,31,37-38,40,42-43,48-49,51-52,58-60,68-69,72,74H,9-27,30,32-36,39H2,1-8H3/t40-,49+,51+,52-,58+,59-,60+,62-,63-,64-,65-,66+,67+/m0/s1. The second-order valence-corrected chi connectivity index (χ2v) is 29.6. The van der Waals surface area contributed by atoms with Crippen molar-refractivity contribution >= 4 is 22.6 Å². The van der Waals surface area contributed by atoms with E-state index in [1.807, 2.05) is 0 Å². The Morgan fingerprint density at radius 1 is 0.842 bits per heavy atom. The summed E-state index contributed by atoms with van der Waals surface area (Å²) in [6, 6.07) is 7.64. The van der Waals surface area contributed by atoms with Gasteiger partial charge in [0, 0.05) is 73.7 Å². The van der Waals surface area contributed by atoms with Crippen molar-refractivity contribution in [3.05, 3.63) is 69.6 Å². The number of Topliss-reactive ketones (excluding diaryl/α,β-unsaturated/α-hetero) is 2. The van der Waals surface area contributed by atoms with E-state index in [-0.39, 0.29) is 40.5 Å². The lowest BCUT2D eigenvalue weighted by Gasteiger charge is -2.74. The monoisotopic (exact) mass is 1040 g/mol. The fourth-order valence-corrected chi connectivity index (χ4v) is 21.5. The number of aryl methyl sites for hydroxylation is 1. The van der Waals surface area contributed by atoms with Gasteiger partial charge in [0.2, 0.25) is 0 Å². The highest BCUT2D eigenvalue weighted by molar-refractivity contribution is 6.02. The summed E-state index contributed by atoms with van der Waals surface area (Å²) in [5, 5.41) is 30.3. The Kier molecular flexibility index (Phi) is 12.7. The molecular formula is C67H95N3O6. The Hall–Kier alpha value is -3.08. The number of ether oxygens (including phenoxy) is 2. The number of aromatic amines is 1. The van der Waals surface area contributed by atoms with Crippen LogP contribution in [0.4, 0.5) is 0 Å². The van der Waals surface area contributed by atoms with Crippen LogP contribution in [0.2, 0.25) is 0 Å². The summed E-state index contributed by atoms with van der Waals surface area (Å²) in [6.45, 7) is 19.6. The van der Waals surface area contributed by atoms with Gasteiger partial charge in [-0.3, -0.25) is 9.59 Å². The van der Waals surface area contributed by atoms with Crippen molar-refractivity contribution < 1.29 is 29.3 Å². The van der Waals surface area contributed by atoms with Gasteiger partial charge in [-0.25, -0.2) is 0 Å². The first kappa shape index (κ1) is 52.3. The summed E-state index contributed by atoms with van der Waals surface area (Å²) in [5.41, 5.74) is 8.50. The maximum absolute atomic E-state index is 15.9. The minimum absolute atomic E-state index is 0.116. The van der Waals surface area contributed by atoms with Gasteiger partial charge in [0.15, 0.2) is 5.78 Å².